The molecule has 0 aromatic carbocycles. The highest BCUT2D eigenvalue weighted by atomic mass is 79.9. The Morgan fingerprint density at radius 3 is 2.84 bits per heavy atom. The molecule has 1 rings (SSSR count). The molecule has 1 N–H and O–H groups in total. The number of hydrogen-bond acceptors (Lipinski definition) is 6. The molecular formula is C11H16BrN3O4. The van der Waals surface area contributed by atoms with Crippen LogP contribution in [0.2, 0.25) is 0 Å². The molecule has 19 heavy (non-hydrogen) atoms. The van der Waals surface area contributed by atoms with Gasteiger partial charge in [0.05, 0.1) is 29.2 Å². The molecule has 0 saturated heterocycles. The molecule has 1 aromatic rings. The van der Waals surface area contributed by atoms with E-state index < -0.39 is 4.92 Å². The Labute approximate surface area is 119 Å². The summed E-state index contributed by atoms with van der Waals surface area (Å²) < 4.78 is 10.7. The van der Waals surface area contributed by atoms with E-state index in [4.69, 9.17) is 9.47 Å². The van der Waals surface area contributed by atoms with Crippen LogP contribution < -0.4 is 5.32 Å². The Morgan fingerprint density at radius 1 is 1.47 bits per heavy atom. The standard InChI is InChI=1S/C11H16BrN3O4/c1-8-9(15(16)17)7-14-11(10(8)12)13-3-4-19-6-5-18-2/h7H,3-6H2,1-2H3,(H,13,14). The number of aromatic nitrogens is 1. The van der Waals surface area contributed by atoms with E-state index in [1.165, 1.54) is 6.20 Å². The van der Waals surface area contributed by atoms with Gasteiger partial charge in [0.2, 0.25) is 0 Å². The average molecular weight is 334 g/mol. The summed E-state index contributed by atoms with van der Waals surface area (Å²) in [4.78, 5) is 14.3. The van der Waals surface area contributed by atoms with Crippen LogP contribution in [0.15, 0.2) is 10.7 Å². The highest BCUT2D eigenvalue weighted by Crippen LogP contribution is 2.30. The van der Waals surface area contributed by atoms with Gasteiger partial charge in [0.1, 0.15) is 12.0 Å². The second kappa shape index (κ2) is 8.03. The van der Waals surface area contributed by atoms with Crippen molar-refractivity contribution in [1.29, 1.82) is 0 Å². The lowest BCUT2D eigenvalue weighted by Crippen LogP contribution is -2.13. The van der Waals surface area contributed by atoms with Crippen molar-refractivity contribution in [2.24, 2.45) is 0 Å². The van der Waals surface area contributed by atoms with Crippen LogP contribution in [-0.2, 0) is 9.47 Å². The summed E-state index contributed by atoms with van der Waals surface area (Å²) in [6.45, 7) is 3.83. The molecule has 0 aliphatic carbocycles. The monoisotopic (exact) mass is 333 g/mol. The van der Waals surface area contributed by atoms with Crippen molar-refractivity contribution in [3.63, 3.8) is 0 Å². The van der Waals surface area contributed by atoms with Gasteiger partial charge in [-0.1, -0.05) is 0 Å². The van der Waals surface area contributed by atoms with E-state index in [1.807, 2.05) is 0 Å². The predicted molar refractivity (Wildman–Crippen MR) is 74.5 cm³/mol. The third-order valence-electron chi connectivity index (χ3n) is 2.40. The van der Waals surface area contributed by atoms with Gasteiger partial charge in [0, 0.05) is 19.2 Å². The number of halogens is 1. The van der Waals surface area contributed by atoms with E-state index in [0.29, 0.717) is 42.2 Å². The molecule has 0 aliphatic heterocycles. The number of anilines is 1. The fraction of sp³-hybridized carbons (Fsp3) is 0.545. The zero-order valence-corrected chi connectivity index (χ0v) is 12.4. The second-order valence-corrected chi connectivity index (χ2v) is 4.51. The van der Waals surface area contributed by atoms with Gasteiger partial charge in [0.25, 0.3) is 5.69 Å². The van der Waals surface area contributed by atoms with Crippen LogP contribution in [-0.4, -0.2) is 43.4 Å². The van der Waals surface area contributed by atoms with Gasteiger partial charge >= 0.3 is 0 Å². The van der Waals surface area contributed by atoms with Gasteiger partial charge in [-0.15, -0.1) is 0 Å². The number of rotatable bonds is 8. The van der Waals surface area contributed by atoms with E-state index in [0.717, 1.165) is 0 Å². The molecule has 0 bridgehead atoms. The maximum Gasteiger partial charge on any atom is 0.291 e. The summed E-state index contributed by atoms with van der Waals surface area (Å²) in [5.41, 5.74) is 0.538. The maximum atomic E-state index is 10.7. The number of hydrogen-bond donors (Lipinski definition) is 1. The molecule has 106 valence electrons. The first-order valence-corrected chi connectivity index (χ1v) is 6.47. The molecule has 1 heterocycles. The van der Waals surface area contributed by atoms with Crippen molar-refractivity contribution in [2.45, 2.75) is 6.92 Å². The molecule has 1 aromatic heterocycles. The van der Waals surface area contributed by atoms with Crippen molar-refractivity contribution in [1.82, 2.24) is 4.98 Å². The molecule has 0 fully saturated rings. The lowest BCUT2D eigenvalue weighted by molar-refractivity contribution is -0.385. The van der Waals surface area contributed by atoms with Crippen LogP contribution in [0.4, 0.5) is 11.5 Å². The van der Waals surface area contributed by atoms with Crippen LogP contribution >= 0.6 is 15.9 Å². The van der Waals surface area contributed by atoms with Crippen LogP contribution in [0.1, 0.15) is 5.56 Å². The first-order chi connectivity index (χ1) is 9.07. The summed E-state index contributed by atoms with van der Waals surface area (Å²) in [6.07, 6.45) is 1.24. The number of ether oxygens (including phenoxy) is 2. The minimum absolute atomic E-state index is 0.00577. The van der Waals surface area contributed by atoms with Crippen molar-refractivity contribution >= 4 is 27.4 Å². The third-order valence-corrected chi connectivity index (χ3v) is 3.37. The molecule has 0 spiro atoms. The van der Waals surface area contributed by atoms with E-state index in [-0.39, 0.29) is 5.69 Å². The van der Waals surface area contributed by atoms with Crippen molar-refractivity contribution in [3.8, 4) is 0 Å². The van der Waals surface area contributed by atoms with Gasteiger partial charge in [-0.05, 0) is 22.9 Å². The van der Waals surface area contributed by atoms with Gasteiger partial charge in [-0.25, -0.2) is 4.98 Å². The van der Waals surface area contributed by atoms with Crippen molar-refractivity contribution in [3.05, 3.63) is 26.3 Å². The highest BCUT2D eigenvalue weighted by molar-refractivity contribution is 9.10. The van der Waals surface area contributed by atoms with Crippen LogP contribution in [0.3, 0.4) is 0 Å². The molecule has 0 radical (unpaired) electrons. The van der Waals surface area contributed by atoms with E-state index in [1.54, 1.807) is 14.0 Å². The Hall–Kier alpha value is -1.25. The fourth-order valence-corrected chi connectivity index (χ4v) is 1.81. The smallest absolute Gasteiger partial charge is 0.291 e. The van der Waals surface area contributed by atoms with Gasteiger partial charge in [0.15, 0.2) is 0 Å². The zero-order chi connectivity index (χ0) is 14.3. The molecule has 0 unspecified atom stereocenters. The van der Waals surface area contributed by atoms with Crippen LogP contribution in [0.5, 0.6) is 0 Å². The Bertz CT molecular complexity index is 442. The Kier molecular flexibility index (Phi) is 6.68. The third kappa shape index (κ3) is 4.73. The highest BCUT2D eigenvalue weighted by Gasteiger charge is 2.16. The predicted octanol–water partition coefficient (Wildman–Crippen LogP) is 2.14. The topological polar surface area (TPSA) is 86.5 Å². The largest absolute Gasteiger partial charge is 0.382 e. The molecule has 8 heteroatoms. The summed E-state index contributed by atoms with van der Waals surface area (Å²) in [5, 5.41) is 13.8. The summed E-state index contributed by atoms with van der Waals surface area (Å²) >= 11 is 3.30. The average Bonchev–Trinajstić information content (AvgIpc) is 2.38. The normalized spacial score (nSPS) is 10.5. The van der Waals surface area contributed by atoms with Crippen molar-refractivity contribution < 1.29 is 14.4 Å². The summed E-state index contributed by atoms with van der Waals surface area (Å²) in [6, 6.07) is 0. The van der Waals surface area contributed by atoms with Crippen molar-refractivity contribution in [2.75, 3.05) is 38.8 Å². The van der Waals surface area contributed by atoms with E-state index in [2.05, 4.69) is 26.2 Å². The molecule has 7 nitrogen and oxygen atoms in total. The zero-order valence-electron chi connectivity index (χ0n) is 10.8. The Morgan fingerprint density at radius 2 is 2.21 bits per heavy atom. The summed E-state index contributed by atoms with van der Waals surface area (Å²) in [5.74, 6) is 0.568. The van der Waals surface area contributed by atoms with E-state index in [9.17, 15) is 10.1 Å². The number of nitrogens with one attached hydrogen (secondary N) is 1. The maximum absolute atomic E-state index is 10.7. The first kappa shape index (κ1) is 15.8. The Balaban J connectivity index is 2.51. The van der Waals surface area contributed by atoms with Gasteiger partial charge < -0.3 is 14.8 Å². The minimum atomic E-state index is -0.454. The van der Waals surface area contributed by atoms with Gasteiger partial charge in [-0.3, -0.25) is 10.1 Å². The number of nitro groups is 1. The number of nitrogens with zero attached hydrogens (tertiary/aromatic N) is 2. The lowest BCUT2D eigenvalue weighted by Gasteiger charge is -2.09. The lowest BCUT2D eigenvalue weighted by atomic mass is 10.2. The van der Waals surface area contributed by atoms with E-state index >= 15 is 0 Å². The molecule has 0 aliphatic rings. The quantitative estimate of drug-likeness (QED) is 0.445. The number of methoxy groups -OCH3 is 1. The SMILES string of the molecule is COCCOCCNc1ncc([N+](=O)[O-])c(C)c1Br. The van der Waals surface area contributed by atoms with Gasteiger partial charge in [-0.2, -0.15) is 0 Å². The first-order valence-electron chi connectivity index (χ1n) is 5.68. The fourth-order valence-electron chi connectivity index (χ4n) is 1.36. The minimum Gasteiger partial charge on any atom is -0.382 e. The van der Waals surface area contributed by atoms with Crippen LogP contribution in [0, 0.1) is 17.0 Å². The molecule has 0 atom stereocenters. The molecule has 0 amide bonds. The molecular weight excluding hydrogens is 318 g/mol. The summed E-state index contributed by atoms with van der Waals surface area (Å²) in [7, 11) is 1.61. The second-order valence-electron chi connectivity index (χ2n) is 3.72. The number of pyridine rings is 1. The van der Waals surface area contributed by atoms with Crippen LogP contribution in [0.25, 0.3) is 0 Å². The molecule has 0 saturated carbocycles.